The summed E-state index contributed by atoms with van der Waals surface area (Å²) in [5.74, 6) is 1.43. The Morgan fingerprint density at radius 1 is 1.23 bits per heavy atom. The second kappa shape index (κ2) is 9.20. The Labute approximate surface area is 179 Å². The maximum Gasteiger partial charge on any atom is 0.214 e. The summed E-state index contributed by atoms with van der Waals surface area (Å²) >= 11 is 0. The van der Waals surface area contributed by atoms with E-state index in [1.54, 1.807) is 10.6 Å². The summed E-state index contributed by atoms with van der Waals surface area (Å²) in [4.78, 5) is 14.1. The highest BCUT2D eigenvalue weighted by Gasteiger charge is 2.33. The fourth-order valence-corrected chi connectivity index (χ4v) is 6.88. The molecule has 1 saturated carbocycles. The van der Waals surface area contributed by atoms with Gasteiger partial charge in [0.05, 0.1) is 17.2 Å². The molecule has 1 aliphatic heterocycles. The van der Waals surface area contributed by atoms with Crippen LogP contribution in [-0.4, -0.2) is 72.3 Å². The molecule has 2 aliphatic rings. The van der Waals surface area contributed by atoms with E-state index < -0.39 is 10.0 Å². The molecule has 4 rings (SSSR count). The van der Waals surface area contributed by atoms with Crippen molar-refractivity contribution >= 4 is 26.9 Å². The van der Waals surface area contributed by atoms with Crippen LogP contribution in [0.3, 0.4) is 0 Å². The predicted molar refractivity (Wildman–Crippen MR) is 118 cm³/mol. The molecule has 1 aliphatic carbocycles. The van der Waals surface area contributed by atoms with Crippen molar-refractivity contribution in [2.75, 3.05) is 37.4 Å². The number of ether oxygens (including phenoxy) is 1. The highest BCUT2D eigenvalue weighted by Crippen LogP contribution is 2.32. The average molecular weight is 436 g/mol. The maximum absolute atomic E-state index is 13.0. The quantitative estimate of drug-likeness (QED) is 0.719. The highest BCUT2D eigenvalue weighted by atomic mass is 32.2. The maximum atomic E-state index is 13.0. The largest absolute Gasteiger partial charge is 0.377 e. The van der Waals surface area contributed by atoms with Crippen LogP contribution in [0.1, 0.15) is 45.4 Å². The van der Waals surface area contributed by atoms with Crippen molar-refractivity contribution in [1.82, 2.24) is 19.3 Å². The first-order valence-electron chi connectivity index (χ1n) is 11.1. The van der Waals surface area contributed by atoms with Crippen molar-refractivity contribution in [3.05, 3.63) is 18.6 Å². The molecular weight excluding hydrogens is 402 g/mol. The van der Waals surface area contributed by atoms with Gasteiger partial charge in [0.1, 0.15) is 17.8 Å². The van der Waals surface area contributed by atoms with E-state index >= 15 is 0 Å². The number of aromatic nitrogens is 3. The molecule has 0 aromatic carbocycles. The number of nitrogens with one attached hydrogen (secondary N) is 1. The molecule has 2 fully saturated rings. The van der Waals surface area contributed by atoms with Gasteiger partial charge in [0.2, 0.25) is 10.0 Å². The molecule has 0 amide bonds. The van der Waals surface area contributed by atoms with Gasteiger partial charge in [0, 0.05) is 39.0 Å². The van der Waals surface area contributed by atoms with Crippen LogP contribution in [0, 0.1) is 5.92 Å². The molecule has 1 atom stereocenters. The van der Waals surface area contributed by atoms with Crippen LogP contribution in [0.15, 0.2) is 18.6 Å². The minimum atomic E-state index is -3.23. The summed E-state index contributed by atoms with van der Waals surface area (Å²) in [5.41, 5.74) is 0.846. The van der Waals surface area contributed by atoms with Gasteiger partial charge in [-0.15, -0.1) is 0 Å². The lowest BCUT2D eigenvalue weighted by molar-refractivity contribution is 0.0264. The van der Waals surface area contributed by atoms with Crippen molar-refractivity contribution < 1.29 is 13.2 Å². The predicted octanol–water partition coefficient (Wildman–Crippen LogP) is 2.78. The zero-order valence-corrected chi connectivity index (χ0v) is 18.8. The van der Waals surface area contributed by atoms with Gasteiger partial charge in [-0.2, -0.15) is 4.31 Å². The van der Waals surface area contributed by atoms with Crippen LogP contribution in [-0.2, 0) is 14.8 Å². The molecule has 1 unspecified atom stereocenters. The second-order valence-corrected chi connectivity index (χ2v) is 10.6. The smallest absolute Gasteiger partial charge is 0.214 e. The van der Waals surface area contributed by atoms with Gasteiger partial charge in [-0.05, 0) is 57.4 Å². The van der Waals surface area contributed by atoms with Gasteiger partial charge < -0.3 is 14.6 Å². The van der Waals surface area contributed by atoms with Crippen LogP contribution >= 0.6 is 0 Å². The van der Waals surface area contributed by atoms with Gasteiger partial charge in [0.25, 0.3) is 0 Å². The summed E-state index contributed by atoms with van der Waals surface area (Å²) in [5, 5.41) is 1.03. The van der Waals surface area contributed by atoms with Crippen LogP contribution in [0.2, 0.25) is 0 Å². The van der Waals surface area contributed by atoms with E-state index in [4.69, 9.17) is 4.74 Å². The number of hydrogen-bond donors (Lipinski definition) is 1. The Hall–Kier alpha value is -1.71. The molecule has 2 aromatic heterocycles. The topological polar surface area (TPSA) is 91.4 Å². The number of rotatable bonds is 7. The summed E-state index contributed by atoms with van der Waals surface area (Å²) in [6.45, 7) is 3.74. The van der Waals surface area contributed by atoms with E-state index in [9.17, 15) is 8.42 Å². The van der Waals surface area contributed by atoms with Crippen molar-refractivity contribution in [3.63, 3.8) is 0 Å². The molecule has 1 saturated heterocycles. The van der Waals surface area contributed by atoms with Crippen LogP contribution in [0.25, 0.3) is 11.0 Å². The Balaban J connectivity index is 1.33. The summed E-state index contributed by atoms with van der Waals surface area (Å²) in [6, 6.07) is 2.38. The van der Waals surface area contributed by atoms with Gasteiger partial charge in [-0.25, -0.2) is 18.4 Å². The lowest BCUT2D eigenvalue weighted by Gasteiger charge is -2.37. The van der Waals surface area contributed by atoms with E-state index in [1.807, 2.05) is 19.2 Å². The minimum absolute atomic E-state index is 0.0426. The normalized spacial score (nSPS) is 26.1. The molecule has 30 heavy (non-hydrogen) atoms. The van der Waals surface area contributed by atoms with E-state index in [0.29, 0.717) is 25.7 Å². The summed E-state index contributed by atoms with van der Waals surface area (Å²) in [6.07, 6.45) is 9.18. The molecule has 2 aromatic rings. The Morgan fingerprint density at radius 3 is 2.80 bits per heavy atom. The van der Waals surface area contributed by atoms with Gasteiger partial charge in [-0.3, -0.25) is 0 Å². The van der Waals surface area contributed by atoms with Crippen LogP contribution in [0.5, 0.6) is 0 Å². The molecular formula is C21H33N5O3S. The van der Waals surface area contributed by atoms with Crippen molar-refractivity contribution in [2.24, 2.45) is 5.92 Å². The Kier molecular flexibility index (Phi) is 6.60. The van der Waals surface area contributed by atoms with Gasteiger partial charge in [0.15, 0.2) is 0 Å². The van der Waals surface area contributed by atoms with E-state index in [2.05, 4.69) is 26.9 Å². The standard InChI is InChI=1S/C21H33N5O3S/c1-3-29-18-5-4-12-26(13-18)30(27,28)14-16-6-8-17(9-7-16)25(2)21-19-10-11-22-20(19)23-15-24-21/h10-11,15-18H,3-9,12-14H2,1-2H3,(H,22,23,24)/t16-,17-,18?. The van der Waals surface area contributed by atoms with E-state index in [-0.39, 0.29) is 17.8 Å². The lowest BCUT2D eigenvalue weighted by atomic mass is 9.86. The molecule has 1 N–H and O–H groups in total. The van der Waals surface area contributed by atoms with Crippen LogP contribution in [0.4, 0.5) is 5.82 Å². The van der Waals surface area contributed by atoms with E-state index in [1.165, 1.54) is 0 Å². The van der Waals surface area contributed by atoms with Gasteiger partial charge in [-0.1, -0.05) is 0 Å². The average Bonchev–Trinajstić information content (AvgIpc) is 3.23. The van der Waals surface area contributed by atoms with Crippen molar-refractivity contribution in [3.8, 4) is 0 Å². The van der Waals surface area contributed by atoms with Crippen molar-refractivity contribution in [1.29, 1.82) is 0 Å². The first-order chi connectivity index (χ1) is 14.5. The number of fused-ring (bicyclic) bond motifs is 1. The first kappa shape index (κ1) is 21.5. The SMILES string of the molecule is CCOC1CCCN(S(=O)(=O)C[C@H]2CC[C@H](N(C)c3ncnc4[nH]ccc34)CC2)C1. The number of H-pyrrole nitrogens is 1. The summed E-state index contributed by atoms with van der Waals surface area (Å²) < 4.78 is 33.3. The third-order valence-electron chi connectivity index (χ3n) is 6.61. The molecule has 0 radical (unpaired) electrons. The second-order valence-electron chi connectivity index (χ2n) is 8.58. The number of anilines is 1. The molecule has 8 nitrogen and oxygen atoms in total. The third kappa shape index (κ3) is 4.63. The molecule has 9 heteroatoms. The molecule has 0 bridgehead atoms. The fraction of sp³-hybridized carbons (Fsp3) is 0.714. The molecule has 3 heterocycles. The first-order valence-corrected chi connectivity index (χ1v) is 12.7. The highest BCUT2D eigenvalue weighted by molar-refractivity contribution is 7.89. The summed E-state index contributed by atoms with van der Waals surface area (Å²) in [7, 11) is -1.15. The Morgan fingerprint density at radius 2 is 2.03 bits per heavy atom. The van der Waals surface area contributed by atoms with Crippen LogP contribution < -0.4 is 4.90 Å². The monoisotopic (exact) mass is 435 g/mol. The van der Waals surface area contributed by atoms with E-state index in [0.717, 1.165) is 55.4 Å². The molecule has 0 spiro atoms. The number of nitrogens with zero attached hydrogens (tertiary/aromatic N) is 4. The zero-order chi connectivity index (χ0) is 21.1. The van der Waals surface area contributed by atoms with Gasteiger partial charge >= 0.3 is 0 Å². The number of aromatic amines is 1. The zero-order valence-electron chi connectivity index (χ0n) is 18.0. The third-order valence-corrected chi connectivity index (χ3v) is 8.63. The number of hydrogen-bond acceptors (Lipinski definition) is 6. The Bertz CT molecular complexity index is 937. The number of sulfonamides is 1. The fourth-order valence-electron chi connectivity index (χ4n) is 4.94. The number of piperidine rings is 1. The van der Waals surface area contributed by atoms with Crippen molar-refractivity contribution in [2.45, 2.75) is 57.6 Å². The lowest BCUT2D eigenvalue weighted by Crippen LogP contribution is -2.45. The molecule has 166 valence electrons. The minimum Gasteiger partial charge on any atom is -0.377 e.